The predicted octanol–water partition coefficient (Wildman–Crippen LogP) is 2.80. The second-order valence-electron chi connectivity index (χ2n) is 5.86. The Kier molecular flexibility index (Phi) is 2.97. The Morgan fingerprint density at radius 2 is 2.36 bits per heavy atom. The predicted molar refractivity (Wildman–Crippen MR) is 84.7 cm³/mol. The molecule has 1 aliphatic heterocycles. The highest BCUT2D eigenvalue weighted by molar-refractivity contribution is 5.76. The van der Waals surface area contributed by atoms with Crippen LogP contribution >= 0.6 is 0 Å². The minimum atomic E-state index is -0.150. The summed E-state index contributed by atoms with van der Waals surface area (Å²) in [4.78, 5) is 0. The molecule has 1 saturated carbocycles. The second-order valence-corrected chi connectivity index (χ2v) is 5.86. The molecule has 1 fully saturated rings. The summed E-state index contributed by atoms with van der Waals surface area (Å²) >= 11 is 0. The number of benzene rings is 1. The van der Waals surface area contributed by atoms with Crippen molar-refractivity contribution >= 4 is 5.69 Å². The summed E-state index contributed by atoms with van der Waals surface area (Å²) in [6.07, 6.45) is 10.3. The molecule has 2 aromatic rings. The van der Waals surface area contributed by atoms with E-state index in [0.29, 0.717) is 18.0 Å². The molecule has 5 nitrogen and oxygen atoms in total. The maximum Gasteiger partial charge on any atom is 0.149 e. The third-order valence-corrected chi connectivity index (χ3v) is 4.70. The molecule has 0 bridgehead atoms. The molecule has 1 aliphatic carbocycles. The van der Waals surface area contributed by atoms with Gasteiger partial charge in [-0.3, -0.25) is 4.68 Å². The Labute approximate surface area is 129 Å². The van der Waals surface area contributed by atoms with Crippen molar-refractivity contribution in [1.29, 1.82) is 0 Å². The van der Waals surface area contributed by atoms with Crippen molar-refractivity contribution < 1.29 is 9.47 Å². The molecule has 4 rings (SSSR count). The molecular formula is C17H19N3O2. The van der Waals surface area contributed by atoms with Gasteiger partial charge in [-0.15, -0.1) is 0 Å². The maximum atomic E-state index is 5.99. The van der Waals surface area contributed by atoms with Crippen LogP contribution in [0.4, 0.5) is 5.69 Å². The summed E-state index contributed by atoms with van der Waals surface area (Å²) < 4.78 is 13.4. The van der Waals surface area contributed by atoms with E-state index in [1.54, 1.807) is 7.11 Å². The average molecular weight is 297 g/mol. The molecule has 5 heteroatoms. The normalized spacial score (nSPS) is 26.3. The van der Waals surface area contributed by atoms with E-state index in [0.717, 1.165) is 24.0 Å². The van der Waals surface area contributed by atoms with Crippen LogP contribution in [0.5, 0.6) is 5.75 Å². The zero-order valence-electron chi connectivity index (χ0n) is 12.5. The third kappa shape index (κ3) is 1.85. The summed E-state index contributed by atoms with van der Waals surface area (Å²) in [5, 5.41) is 4.55. The molecule has 2 heterocycles. The Balaban J connectivity index is 1.68. The van der Waals surface area contributed by atoms with Crippen molar-refractivity contribution in [2.24, 2.45) is 0 Å². The summed E-state index contributed by atoms with van der Waals surface area (Å²) in [5.74, 6) is 0.697. The van der Waals surface area contributed by atoms with Crippen molar-refractivity contribution in [3.8, 4) is 16.9 Å². The van der Waals surface area contributed by atoms with Crippen LogP contribution in [0.1, 0.15) is 18.9 Å². The number of rotatable bonds is 3. The van der Waals surface area contributed by atoms with Gasteiger partial charge in [-0.1, -0.05) is 24.3 Å². The largest absolute Gasteiger partial charge is 0.494 e. The van der Waals surface area contributed by atoms with Crippen LogP contribution in [0, 0.1) is 0 Å². The van der Waals surface area contributed by atoms with E-state index in [4.69, 9.17) is 15.2 Å². The lowest BCUT2D eigenvalue weighted by atomic mass is 9.75. The van der Waals surface area contributed by atoms with E-state index >= 15 is 0 Å². The fourth-order valence-corrected chi connectivity index (χ4v) is 3.43. The number of nitrogen functional groups attached to an aromatic ring is 1. The number of nitrogens with zero attached hydrogens (tertiary/aromatic N) is 2. The number of para-hydroxylation sites is 1. The van der Waals surface area contributed by atoms with Gasteiger partial charge in [-0.2, -0.15) is 5.10 Å². The van der Waals surface area contributed by atoms with Gasteiger partial charge in [0.2, 0.25) is 0 Å². The standard InChI is InChI=1S/C17H19N3O2/c1-21-16-13(4-2-5-14(16)18)12-10-19-20(11-12)15-6-8-17(15)7-3-9-22-17/h2-5,7,10-11,15H,6,8-9,18H2,1H3/t15-,17-/m1/s1. The van der Waals surface area contributed by atoms with Crippen LogP contribution in [0.2, 0.25) is 0 Å². The maximum absolute atomic E-state index is 5.99. The Bertz CT molecular complexity index is 737. The zero-order chi connectivity index (χ0) is 15.2. The Morgan fingerprint density at radius 3 is 3.05 bits per heavy atom. The quantitative estimate of drug-likeness (QED) is 0.699. The van der Waals surface area contributed by atoms with Gasteiger partial charge in [0.1, 0.15) is 11.4 Å². The number of aromatic nitrogens is 2. The summed E-state index contributed by atoms with van der Waals surface area (Å²) in [5.41, 5.74) is 8.44. The summed E-state index contributed by atoms with van der Waals surface area (Å²) in [6.45, 7) is 0.702. The van der Waals surface area contributed by atoms with E-state index in [2.05, 4.69) is 23.4 Å². The molecule has 22 heavy (non-hydrogen) atoms. The first-order valence-electron chi connectivity index (χ1n) is 7.52. The van der Waals surface area contributed by atoms with Crippen LogP contribution in [0.15, 0.2) is 42.7 Å². The number of anilines is 1. The molecule has 1 aromatic heterocycles. The van der Waals surface area contributed by atoms with E-state index in [9.17, 15) is 0 Å². The molecule has 0 unspecified atom stereocenters. The van der Waals surface area contributed by atoms with Gasteiger partial charge in [0.05, 0.1) is 31.6 Å². The van der Waals surface area contributed by atoms with E-state index in [1.807, 2.05) is 29.1 Å². The molecule has 1 spiro atoms. The van der Waals surface area contributed by atoms with Crippen LogP contribution in [0.3, 0.4) is 0 Å². The van der Waals surface area contributed by atoms with E-state index in [-0.39, 0.29) is 11.6 Å². The second kappa shape index (κ2) is 4.88. The first-order chi connectivity index (χ1) is 10.7. The Hall–Kier alpha value is -2.27. The van der Waals surface area contributed by atoms with Gasteiger partial charge >= 0.3 is 0 Å². The lowest BCUT2D eigenvalue weighted by Gasteiger charge is -2.44. The fraction of sp³-hybridized carbons (Fsp3) is 0.353. The van der Waals surface area contributed by atoms with E-state index in [1.165, 1.54) is 0 Å². The number of hydrogen-bond donors (Lipinski definition) is 1. The molecule has 0 amide bonds. The van der Waals surface area contributed by atoms with Gasteiger partial charge < -0.3 is 15.2 Å². The van der Waals surface area contributed by atoms with Crippen LogP contribution < -0.4 is 10.5 Å². The average Bonchev–Trinajstić information content (AvgIpc) is 3.16. The van der Waals surface area contributed by atoms with Crippen LogP contribution in [0.25, 0.3) is 11.1 Å². The van der Waals surface area contributed by atoms with Crippen molar-refractivity contribution in [3.05, 3.63) is 42.7 Å². The van der Waals surface area contributed by atoms with Gasteiger partial charge in [-0.05, 0) is 18.9 Å². The monoisotopic (exact) mass is 297 g/mol. The van der Waals surface area contributed by atoms with Gasteiger partial charge in [0, 0.05) is 17.3 Å². The molecule has 114 valence electrons. The van der Waals surface area contributed by atoms with Crippen molar-refractivity contribution in [2.45, 2.75) is 24.5 Å². The van der Waals surface area contributed by atoms with Gasteiger partial charge in [0.15, 0.2) is 0 Å². The first kappa shape index (κ1) is 13.4. The van der Waals surface area contributed by atoms with Crippen LogP contribution in [-0.4, -0.2) is 29.1 Å². The Morgan fingerprint density at radius 1 is 1.45 bits per heavy atom. The highest BCUT2D eigenvalue weighted by Gasteiger charge is 2.49. The molecule has 0 radical (unpaired) electrons. The summed E-state index contributed by atoms with van der Waals surface area (Å²) in [6, 6.07) is 6.04. The lowest BCUT2D eigenvalue weighted by molar-refractivity contribution is -0.0829. The number of nitrogens with two attached hydrogens (primary N) is 1. The highest BCUT2D eigenvalue weighted by atomic mass is 16.5. The van der Waals surface area contributed by atoms with Crippen molar-refractivity contribution in [2.75, 3.05) is 19.5 Å². The summed E-state index contributed by atoms with van der Waals surface area (Å²) in [7, 11) is 1.64. The number of methoxy groups -OCH3 is 1. The lowest BCUT2D eigenvalue weighted by Crippen LogP contribution is -2.47. The van der Waals surface area contributed by atoms with Crippen molar-refractivity contribution in [1.82, 2.24) is 9.78 Å². The smallest absolute Gasteiger partial charge is 0.149 e. The van der Waals surface area contributed by atoms with Crippen molar-refractivity contribution in [3.63, 3.8) is 0 Å². The van der Waals surface area contributed by atoms with Gasteiger partial charge in [-0.25, -0.2) is 0 Å². The molecular weight excluding hydrogens is 278 g/mol. The van der Waals surface area contributed by atoms with Crippen LogP contribution in [-0.2, 0) is 4.74 Å². The molecule has 2 atom stereocenters. The SMILES string of the molecule is COc1c(N)cccc1-c1cnn([C@@H]2CC[C@]23C=CCO3)c1. The third-order valence-electron chi connectivity index (χ3n) is 4.70. The highest BCUT2D eigenvalue weighted by Crippen LogP contribution is 2.48. The fourth-order valence-electron chi connectivity index (χ4n) is 3.43. The topological polar surface area (TPSA) is 62.3 Å². The van der Waals surface area contributed by atoms with E-state index < -0.39 is 0 Å². The molecule has 1 aromatic carbocycles. The first-order valence-corrected chi connectivity index (χ1v) is 7.52. The molecule has 2 N–H and O–H groups in total. The minimum absolute atomic E-state index is 0.150. The molecule has 0 saturated heterocycles. The minimum Gasteiger partial charge on any atom is -0.494 e. The van der Waals surface area contributed by atoms with Gasteiger partial charge in [0.25, 0.3) is 0 Å². The molecule has 2 aliphatic rings. The zero-order valence-corrected chi connectivity index (χ0v) is 12.5. The number of hydrogen-bond acceptors (Lipinski definition) is 4. The number of ether oxygens (including phenoxy) is 2.